The molecule has 0 aromatic carbocycles. The molecule has 0 aliphatic heterocycles. The van der Waals surface area contributed by atoms with Crippen LogP contribution in [0.2, 0.25) is 0 Å². The van der Waals surface area contributed by atoms with E-state index in [2.05, 4.69) is 45.7 Å². The Kier molecular flexibility index (Phi) is 6.74. The van der Waals surface area contributed by atoms with Crippen molar-refractivity contribution in [2.45, 2.75) is 111 Å². The molecule has 2 N–H and O–H groups in total. The first kappa shape index (κ1) is 22.8. The Morgan fingerprint density at radius 1 is 1.03 bits per heavy atom. The first-order valence-corrected chi connectivity index (χ1v) is 13.0. The van der Waals surface area contributed by atoms with Crippen LogP contribution in [0.15, 0.2) is 11.6 Å². The van der Waals surface area contributed by atoms with Crippen LogP contribution >= 0.6 is 0 Å². The van der Waals surface area contributed by atoms with Crippen LogP contribution in [0.5, 0.6) is 0 Å². The number of fused-ring (bicyclic) bond motifs is 5. The van der Waals surface area contributed by atoms with E-state index < -0.39 is 0 Å². The van der Waals surface area contributed by atoms with Gasteiger partial charge in [0.05, 0.1) is 6.10 Å². The molecule has 3 nitrogen and oxygen atoms in total. The summed E-state index contributed by atoms with van der Waals surface area (Å²) < 4.78 is 0. The van der Waals surface area contributed by atoms with E-state index in [1.54, 1.807) is 5.57 Å². The predicted octanol–water partition coefficient (Wildman–Crippen LogP) is 7.22. The van der Waals surface area contributed by atoms with Crippen LogP contribution < -0.4 is 5.90 Å². The SMILES string of the molecule is CC(C)CCC[C@@H](C)[C@H]1CC[C@H]2[C@@H]3CC=C4C[C@@H](OON)CC[C@]4(C)[C@H]3CC[C@]12C. The third-order valence-electron chi connectivity index (χ3n) is 10.5. The zero-order chi connectivity index (χ0) is 21.5. The molecule has 30 heavy (non-hydrogen) atoms. The molecule has 0 amide bonds. The van der Waals surface area contributed by atoms with Gasteiger partial charge in [0.25, 0.3) is 0 Å². The van der Waals surface area contributed by atoms with Gasteiger partial charge in [-0.15, -0.1) is 4.99 Å². The Balaban J connectivity index is 1.47. The highest BCUT2D eigenvalue weighted by Gasteiger charge is 2.59. The van der Waals surface area contributed by atoms with Crippen molar-refractivity contribution in [3.8, 4) is 0 Å². The summed E-state index contributed by atoms with van der Waals surface area (Å²) >= 11 is 0. The van der Waals surface area contributed by atoms with E-state index in [4.69, 9.17) is 10.8 Å². The average Bonchev–Trinajstić information content (AvgIpc) is 3.05. The summed E-state index contributed by atoms with van der Waals surface area (Å²) in [5.74, 6) is 10.6. The minimum atomic E-state index is 0.141. The highest BCUT2D eigenvalue weighted by molar-refractivity contribution is 5.25. The third-order valence-corrected chi connectivity index (χ3v) is 10.5. The summed E-state index contributed by atoms with van der Waals surface area (Å²) in [5, 5.41) is 0. The number of nitrogens with two attached hydrogens (primary N) is 1. The Hall–Kier alpha value is -0.380. The molecule has 3 saturated carbocycles. The molecule has 3 heteroatoms. The van der Waals surface area contributed by atoms with Crippen molar-refractivity contribution >= 4 is 0 Å². The van der Waals surface area contributed by atoms with Crippen LogP contribution in [0.25, 0.3) is 0 Å². The predicted molar refractivity (Wildman–Crippen MR) is 123 cm³/mol. The molecule has 0 aromatic heterocycles. The van der Waals surface area contributed by atoms with E-state index in [-0.39, 0.29) is 6.10 Å². The summed E-state index contributed by atoms with van der Waals surface area (Å²) in [5.41, 5.74) is 2.59. The minimum Gasteiger partial charge on any atom is -0.215 e. The van der Waals surface area contributed by atoms with E-state index in [0.29, 0.717) is 10.8 Å². The second-order valence-electron chi connectivity index (χ2n) is 12.3. The van der Waals surface area contributed by atoms with Gasteiger partial charge in [0, 0.05) is 0 Å². The molecule has 8 atom stereocenters. The molecule has 0 saturated heterocycles. The summed E-state index contributed by atoms with van der Waals surface area (Å²) in [6, 6.07) is 0. The normalized spacial score (nSPS) is 44.2. The summed E-state index contributed by atoms with van der Waals surface area (Å²) in [7, 11) is 0. The van der Waals surface area contributed by atoms with Crippen molar-refractivity contribution in [3.63, 3.8) is 0 Å². The molecule has 0 spiro atoms. The highest BCUT2D eigenvalue weighted by atomic mass is 17.3. The van der Waals surface area contributed by atoms with E-state index in [1.165, 1.54) is 57.8 Å². The second kappa shape index (κ2) is 8.87. The molecule has 4 aliphatic rings. The maximum Gasteiger partial charge on any atom is 0.0987 e. The fourth-order valence-corrected chi connectivity index (χ4v) is 8.81. The smallest absolute Gasteiger partial charge is 0.0987 e. The first-order valence-electron chi connectivity index (χ1n) is 13.0. The van der Waals surface area contributed by atoms with Crippen LogP contribution in [0.3, 0.4) is 0 Å². The number of hydrogen-bond donors (Lipinski definition) is 1. The number of rotatable bonds is 7. The zero-order valence-electron chi connectivity index (χ0n) is 20.3. The Morgan fingerprint density at radius 3 is 2.57 bits per heavy atom. The first-order chi connectivity index (χ1) is 14.3. The largest absolute Gasteiger partial charge is 0.215 e. The lowest BCUT2D eigenvalue weighted by Gasteiger charge is -2.58. The lowest BCUT2D eigenvalue weighted by molar-refractivity contribution is -0.333. The highest BCUT2D eigenvalue weighted by Crippen LogP contribution is 2.67. The molecule has 0 heterocycles. The third kappa shape index (κ3) is 3.92. The van der Waals surface area contributed by atoms with Crippen molar-refractivity contribution in [1.29, 1.82) is 0 Å². The van der Waals surface area contributed by atoms with Gasteiger partial charge in [-0.3, -0.25) is 0 Å². The maximum atomic E-state index is 5.32. The van der Waals surface area contributed by atoms with E-state index in [1.807, 2.05) is 0 Å². The zero-order valence-corrected chi connectivity index (χ0v) is 20.3. The van der Waals surface area contributed by atoms with Crippen molar-refractivity contribution in [2.75, 3.05) is 0 Å². The van der Waals surface area contributed by atoms with Crippen LogP contribution in [0, 0.1) is 46.3 Å². The van der Waals surface area contributed by atoms with Gasteiger partial charge in [0.1, 0.15) is 0 Å². The van der Waals surface area contributed by atoms with Gasteiger partial charge < -0.3 is 0 Å². The Bertz CT molecular complexity index is 630. The number of allylic oxidation sites excluding steroid dienone is 1. The molecule has 172 valence electrons. The van der Waals surface area contributed by atoms with E-state index in [0.717, 1.165) is 48.3 Å². The fraction of sp³-hybridized carbons (Fsp3) is 0.926. The molecule has 0 radical (unpaired) electrons. The second-order valence-corrected chi connectivity index (χ2v) is 12.3. The van der Waals surface area contributed by atoms with Crippen LogP contribution in [-0.4, -0.2) is 6.10 Å². The van der Waals surface area contributed by atoms with Gasteiger partial charge in [-0.2, -0.15) is 5.90 Å². The van der Waals surface area contributed by atoms with Crippen molar-refractivity contribution in [3.05, 3.63) is 11.6 Å². The number of hydrogen-bond acceptors (Lipinski definition) is 3. The molecule has 4 aliphatic carbocycles. The fourth-order valence-electron chi connectivity index (χ4n) is 8.81. The van der Waals surface area contributed by atoms with Crippen LogP contribution in [0.1, 0.15) is 105 Å². The molecular formula is C27H47NO2. The molecule has 4 rings (SSSR count). The van der Waals surface area contributed by atoms with Gasteiger partial charge in [-0.05, 0) is 97.7 Å². The van der Waals surface area contributed by atoms with Gasteiger partial charge in [0.2, 0.25) is 0 Å². The maximum absolute atomic E-state index is 5.32. The van der Waals surface area contributed by atoms with E-state index in [9.17, 15) is 0 Å². The Labute approximate surface area is 185 Å². The van der Waals surface area contributed by atoms with Gasteiger partial charge in [-0.1, -0.05) is 65.5 Å². The molecular weight excluding hydrogens is 370 g/mol. The molecule has 0 aromatic rings. The van der Waals surface area contributed by atoms with Gasteiger partial charge >= 0.3 is 0 Å². The van der Waals surface area contributed by atoms with Crippen LogP contribution in [-0.2, 0) is 9.88 Å². The van der Waals surface area contributed by atoms with Crippen molar-refractivity contribution in [2.24, 2.45) is 52.2 Å². The summed E-state index contributed by atoms with van der Waals surface area (Å²) in [6.07, 6.45) is 17.4. The van der Waals surface area contributed by atoms with Crippen molar-refractivity contribution in [1.82, 2.24) is 0 Å². The standard InChI is InChI=1S/C27H47NO2/c1-18(2)7-6-8-19(3)23-11-12-24-22-10-9-20-17-21(29-30-28)13-15-26(20,4)25(22)14-16-27(23,24)5/h9,18-19,21-25H,6-8,10-17,28H2,1-5H3/t19-,21+,22+,23-,24+,25+,26+,27-/m1/s1. The minimum absolute atomic E-state index is 0.141. The monoisotopic (exact) mass is 417 g/mol. The van der Waals surface area contributed by atoms with Gasteiger partial charge in [-0.25, -0.2) is 4.89 Å². The van der Waals surface area contributed by atoms with E-state index >= 15 is 0 Å². The molecule has 3 fully saturated rings. The van der Waals surface area contributed by atoms with Gasteiger partial charge in [0.15, 0.2) is 0 Å². The average molecular weight is 418 g/mol. The van der Waals surface area contributed by atoms with Crippen molar-refractivity contribution < 1.29 is 9.88 Å². The van der Waals surface area contributed by atoms with Crippen LogP contribution in [0.4, 0.5) is 0 Å². The summed E-state index contributed by atoms with van der Waals surface area (Å²) in [6.45, 7) is 12.6. The quantitative estimate of drug-likeness (QED) is 0.270. The topological polar surface area (TPSA) is 44.5 Å². The Morgan fingerprint density at radius 2 is 1.83 bits per heavy atom. The lowest BCUT2D eigenvalue weighted by Crippen LogP contribution is -2.51. The molecule has 0 unspecified atom stereocenters. The summed E-state index contributed by atoms with van der Waals surface area (Å²) in [4.78, 5) is 9.84. The lowest BCUT2D eigenvalue weighted by atomic mass is 9.47. The molecule has 0 bridgehead atoms.